The lowest BCUT2D eigenvalue weighted by atomic mass is 10.1. The Balaban J connectivity index is 1.51. The number of ether oxygens (including phenoxy) is 4. The fraction of sp³-hybridized carbons (Fsp3) is 0.375. The Morgan fingerprint density at radius 1 is 1.19 bits per heavy atom. The summed E-state index contributed by atoms with van der Waals surface area (Å²) in [5.41, 5.74) is 1.04. The van der Waals surface area contributed by atoms with Crippen LogP contribution in [0, 0.1) is 5.82 Å². The van der Waals surface area contributed by atoms with Crippen LogP contribution < -0.4 is 14.2 Å². The van der Waals surface area contributed by atoms with Crippen molar-refractivity contribution >= 4 is 23.6 Å². The van der Waals surface area contributed by atoms with Gasteiger partial charge in [0.2, 0.25) is 0 Å². The van der Waals surface area contributed by atoms with Gasteiger partial charge in [0.05, 0.1) is 37.4 Å². The van der Waals surface area contributed by atoms with Gasteiger partial charge in [0, 0.05) is 31.5 Å². The summed E-state index contributed by atoms with van der Waals surface area (Å²) in [4.78, 5) is 16.2. The minimum absolute atomic E-state index is 0.163. The van der Waals surface area contributed by atoms with Crippen molar-refractivity contribution in [3.63, 3.8) is 0 Å². The Labute approximate surface area is 191 Å². The van der Waals surface area contributed by atoms with E-state index in [-0.39, 0.29) is 11.5 Å². The average Bonchev–Trinajstić information content (AvgIpc) is 2.83. The summed E-state index contributed by atoms with van der Waals surface area (Å²) >= 11 is 1.65. The molecule has 0 N–H and O–H groups in total. The molecule has 2 aromatic carbocycles. The smallest absolute Gasteiger partial charge is 0.189 e. The van der Waals surface area contributed by atoms with Crippen molar-refractivity contribution in [2.45, 2.75) is 4.90 Å². The number of fused-ring (bicyclic) bond motifs is 1. The van der Waals surface area contributed by atoms with Crippen molar-refractivity contribution in [3.8, 4) is 17.2 Å². The summed E-state index contributed by atoms with van der Waals surface area (Å²) in [6.07, 6.45) is 3.03. The number of morpholine rings is 1. The van der Waals surface area contributed by atoms with Crippen LogP contribution in [0.4, 0.5) is 4.39 Å². The molecule has 0 bridgehead atoms. The molecule has 2 aromatic rings. The molecule has 2 heterocycles. The summed E-state index contributed by atoms with van der Waals surface area (Å²) in [7, 11) is 1.41. The second-order valence-corrected chi connectivity index (χ2v) is 8.52. The molecule has 0 aliphatic carbocycles. The van der Waals surface area contributed by atoms with Gasteiger partial charge in [0.25, 0.3) is 0 Å². The molecule has 1 fully saturated rings. The molecule has 0 spiro atoms. The van der Waals surface area contributed by atoms with E-state index in [1.807, 2.05) is 6.07 Å². The monoisotopic (exact) mass is 459 g/mol. The van der Waals surface area contributed by atoms with Crippen molar-refractivity contribution in [3.05, 3.63) is 53.4 Å². The Morgan fingerprint density at radius 3 is 2.81 bits per heavy atom. The third kappa shape index (κ3) is 5.62. The van der Waals surface area contributed by atoms with Gasteiger partial charge in [0.15, 0.2) is 17.3 Å². The first-order valence-electron chi connectivity index (χ1n) is 10.6. The van der Waals surface area contributed by atoms with E-state index in [2.05, 4.69) is 4.90 Å². The van der Waals surface area contributed by atoms with Crippen LogP contribution in [0.2, 0.25) is 0 Å². The van der Waals surface area contributed by atoms with Crippen LogP contribution in [-0.4, -0.2) is 69.6 Å². The Hall–Kier alpha value is -2.55. The SMILES string of the molecule is COc1ccc(/C=C/C(=O)c2cc3c(cc2OCCN2CCOCC2)OCCS3)cc1F. The highest BCUT2D eigenvalue weighted by molar-refractivity contribution is 7.99. The van der Waals surface area contributed by atoms with Crippen molar-refractivity contribution in [1.82, 2.24) is 4.90 Å². The van der Waals surface area contributed by atoms with Crippen LogP contribution in [-0.2, 0) is 4.74 Å². The van der Waals surface area contributed by atoms with Gasteiger partial charge in [-0.15, -0.1) is 11.8 Å². The topological polar surface area (TPSA) is 57.2 Å². The molecule has 0 atom stereocenters. The van der Waals surface area contributed by atoms with Crippen molar-refractivity contribution in [2.75, 3.05) is 58.9 Å². The summed E-state index contributed by atoms with van der Waals surface area (Å²) < 4.78 is 36.0. The molecular formula is C24H26FNO5S. The van der Waals surface area contributed by atoms with E-state index in [9.17, 15) is 9.18 Å². The first-order valence-corrected chi connectivity index (χ1v) is 11.5. The van der Waals surface area contributed by atoms with Crippen LogP contribution in [0.15, 0.2) is 41.3 Å². The number of carbonyl (C=O) groups excluding carboxylic acids is 1. The number of methoxy groups -OCH3 is 1. The quantitative estimate of drug-likeness (QED) is 0.438. The number of nitrogens with zero attached hydrogens (tertiary/aromatic N) is 1. The van der Waals surface area contributed by atoms with Crippen molar-refractivity contribution in [2.24, 2.45) is 0 Å². The van der Waals surface area contributed by atoms with Gasteiger partial charge in [-0.25, -0.2) is 4.39 Å². The van der Waals surface area contributed by atoms with Crippen LogP contribution in [0.1, 0.15) is 15.9 Å². The van der Waals surface area contributed by atoms with E-state index in [1.54, 1.807) is 30.0 Å². The first-order chi connectivity index (χ1) is 15.6. The van der Waals surface area contributed by atoms with Gasteiger partial charge in [-0.2, -0.15) is 0 Å². The van der Waals surface area contributed by atoms with E-state index >= 15 is 0 Å². The molecule has 170 valence electrons. The molecule has 0 radical (unpaired) electrons. The number of thioether (sulfide) groups is 1. The molecule has 8 heteroatoms. The number of rotatable bonds is 8. The maximum atomic E-state index is 14.0. The zero-order chi connectivity index (χ0) is 22.3. The highest BCUT2D eigenvalue weighted by atomic mass is 32.2. The van der Waals surface area contributed by atoms with E-state index in [4.69, 9.17) is 18.9 Å². The lowest BCUT2D eigenvalue weighted by molar-refractivity contribution is 0.0322. The van der Waals surface area contributed by atoms with Crippen LogP contribution >= 0.6 is 11.8 Å². The second kappa shape index (κ2) is 10.8. The molecule has 32 heavy (non-hydrogen) atoms. The van der Waals surface area contributed by atoms with Crippen molar-refractivity contribution in [1.29, 1.82) is 0 Å². The number of halogens is 1. The zero-order valence-electron chi connectivity index (χ0n) is 18.0. The summed E-state index contributed by atoms with van der Waals surface area (Å²) in [5.74, 6) is 1.54. The normalized spacial score (nSPS) is 16.4. The molecule has 2 aliphatic heterocycles. The lowest BCUT2D eigenvalue weighted by Gasteiger charge is -2.26. The van der Waals surface area contributed by atoms with Gasteiger partial charge >= 0.3 is 0 Å². The highest BCUT2D eigenvalue weighted by Crippen LogP contribution is 2.38. The maximum absolute atomic E-state index is 14.0. The average molecular weight is 460 g/mol. The zero-order valence-corrected chi connectivity index (χ0v) is 18.8. The molecule has 0 saturated carbocycles. The van der Waals surface area contributed by atoms with E-state index in [1.165, 1.54) is 25.3 Å². The molecule has 4 rings (SSSR count). The second-order valence-electron chi connectivity index (χ2n) is 7.39. The number of allylic oxidation sites excluding steroid dienone is 1. The van der Waals surface area contributed by atoms with Crippen LogP contribution in [0.25, 0.3) is 6.08 Å². The standard InChI is InChI=1S/C24H26FNO5S/c1-28-21-5-3-17(14-19(21)25)2-4-20(27)18-15-24-23(31-12-13-32-24)16-22(18)30-11-8-26-6-9-29-10-7-26/h2-5,14-16H,6-13H2,1H3/b4-2+. The predicted octanol–water partition coefficient (Wildman–Crippen LogP) is 3.93. The largest absolute Gasteiger partial charge is 0.494 e. The van der Waals surface area contributed by atoms with Gasteiger partial charge in [-0.3, -0.25) is 9.69 Å². The summed E-state index contributed by atoms with van der Waals surface area (Å²) in [6, 6.07) is 8.19. The molecule has 0 unspecified atom stereocenters. The molecule has 6 nitrogen and oxygen atoms in total. The fourth-order valence-corrected chi connectivity index (χ4v) is 4.39. The maximum Gasteiger partial charge on any atom is 0.189 e. The lowest BCUT2D eigenvalue weighted by Crippen LogP contribution is -2.38. The Morgan fingerprint density at radius 2 is 2.03 bits per heavy atom. The number of ketones is 1. The summed E-state index contributed by atoms with van der Waals surface area (Å²) in [5, 5.41) is 0. The third-order valence-electron chi connectivity index (χ3n) is 5.28. The fourth-order valence-electron chi connectivity index (χ4n) is 3.54. The van der Waals surface area contributed by atoms with Crippen LogP contribution in [0.3, 0.4) is 0 Å². The molecule has 2 aliphatic rings. The minimum atomic E-state index is -0.475. The van der Waals surface area contributed by atoms with Gasteiger partial charge in [-0.1, -0.05) is 12.1 Å². The number of carbonyl (C=O) groups is 1. The van der Waals surface area contributed by atoms with E-state index < -0.39 is 5.82 Å². The van der Waals surface area contributed by atoms with Crippen molar-refractivity contribution < 1.29 is 28.1 Å². The van der Waals surface area contributed by atoms with E-state index in [0.717, 1.165) is 49.2 Å². The number of hydrogen-bond donors (Lipinski definition) is 0. The minimum Gasteiger partial charge on any atom is -0.494 e. The van der Waals surface area contributed by atoms with Gasteiger partial charge in [0.1, 0.15) is 18.1 Å². The van der Waals surface area contributed by atoms with Gasteiger partial charge < -0.3 is 18.9 Å². The van der Waals surface area contributed by atoms with Crippen LogP contribution in [0.5, 0.6) is 17.2 Å². The summed E-state index contributed by atoms with van der Waals surface area (Å²) in [6.45, 7) is 5.04. The third-order valence-corrected chi connectivity index (χ3v) is 6.28. The molecular weight excluding hydrogens is 433 g/mol. The molecule has 0 aromatic heterocycles. The molecule has 0 amide bonds. The predicted molar refractivity (Wildman–Crippen MR) is 122 cm³/mol. The first kappa shape index (κ1) is 22.6. The molecule has 1 saturated heterocycles. The highest BCUT2D eigenvalue weighted by Gasteiger charge is 2.20. The van der Waals surface area contributed by atoms with Gasteiger partial charge in [-0.05, 0) is 29.8 Å². The van der Waals surface area contributed by atoms with E-state index in [0.29, 0.717) is 30.1 Å². The number of benzene rings is 2. The Bertz CT molecular complexity index is 991. The Kier molecular flexibility index (Phi) is 7.68. The number of hydrogen-bond acceptors (Lipinski definition) is 7.